The van der Waals surface area contributed by atoms with Gasteiger partial charge in [-0.15, -0.1) is 0 Å². The molecular formula is C13H17ClN2O2. The fraction of sp³-hybridized carbons (Fsp3) is 0.462. The molecule has 0 aromatic heterocycles. The monoisotopic (exact) mass is 268 g/mol. The van der Waals surface area contributed by atoms with Crippen LogP contribution in [0.4, 0.5) is 5.69 Å². The molecule has 1 amide bonds. The Morgan fingerprint density at radius 1 is 1.50 bits per heavy atom. The third kappa shape index (κ3) is 3.15. The van der Waals surface area contributed by atoms with Gasteiger partial charge in [0.25, 0.3) is 0 Å². The second-order valence-electron chi connectivity index (χ2n) is 4.34. The molecule has 0 unspecified atom stereocenters. The van der Waals surface area contributed by atoms with E-state index in [2.05, 4.69) is 10.6 Å². The molecule has 1 aliphatic rings. The molecule has 1 aromatic carbocycles. The second-order valence-corrected chi connectivity index (χ2v) is 4.75. The molecule has 5 heteroatoms. The fourth-order valence-electron chi connectivity index (χ4n) is 2.04. The van der Waals surface area contributed by atoms with E-state index >= 15 is 0 Å². The van der Waals surface area contributed by atoms with Gasteiger partial charge in [-0.25, -0.2) is 0 Å². The summed E-state index contributed by atoms with van der Waals surface area (Å²) in [4.78, 5) is 12.0. The van der Waals surface area contributed by atoms with Crippen molar-refractivity contribution in [3.8, 4) is 5.75 Å². The molecule has 1 atom stereocenters. The lowest BCUT2D eigenvalue weighted by molar-refractivity contribution is -0.118. The highest BCUT2D eigenvalue weighted by molar-refractivity contribution is 6.32. The van der Waals surface area contributed by atoms with E-state index < -0.39 is 0 Å². The van der Waals surface area contributed by atoms with Crippen LogP contribution in [0.15, 0.2) is 18.2 Å². The van der Waals surface area contributed by atoms with Gasteiger partial charge >= 0.3 is 0 Å². The van der Waals surface area contributed by atoms with Gasteiger partial charge < -0.3 is 15.4 Å². The maximum Gasteiger partial charge on any atom is 0.241 e. The highest BCUT2D eigenvalue weighted by Gasteiger charge is 2.20. The predicted molar refractivity (Wildman–Crippen MR) is 72.3 cm³/mol. The molecule has 98 valence electrons. The normalized spacial score (nSPS) is 19.3. The molecule has 18 heavy (non-hydrogen) atoms. The van der Waals surface area contributed by atoms with Crippen molar-refractivity contribution in [2.45, 2.75) is 25.3 Å². The molecule has 0 aliphatic carbocycles. The van der Waals surface area contributed by atoms with E-state index in [-0.39, 0.29) is 11.9 Å². The number of methoxy groups -OCH3 is 1. The third-order valence-corrected chi connectivity index (χ3v) is 3.36. The third-order valence-electron chi connectivity index (χ3n) is 3.05. The number of piperidine rings is 1. The Hall–Kier alpha value is -1.26. The Balaban J connectivity index is 2.02. The summed E-state index contributed by atoms with van der Waals surface area (Å²) >= 11 is 5.93. The molecular weight excluding hydrogens is 252 g/mol. The number of hydrogen-bond donors (Lipinski definition) is 2. The van der Waals surface area contributed by atoms with Crippen LogP contribution in [-0.4, -0.2) is 25.6 Å². The number of ether oxygens (including phenoxy) is 1. The maximum absolute atomic E-state index is 12.0. The summed E-state index contributed by atoms with van der Waals surface area (Å²) in [5.41, 5.74) is 0.702. The molecule has 1 heterocycles. The van der Waals surface area contributed by atoms with Gasteiger partial charge in [0.1, 0.15) is 5.75 Å². The second kappa shape index (κ2) is 6.07. The molecule has 1 saturated heterocycles. The molecule has 2 N–H and O–H groups in total. The van der Waals surface area contributed by atoms with Crippen molar-refractivity contribution >= 4 is 23.2 Å². The van der Waals surface area contributed by atoms with E-state index in [1.54, 1.807) is 25.3 Å². The summed E-state index contributed by atoms with van der Waals surface area (Å²) in [6.07, 6.45) is 3.12. The van der Waals surface area contributed by atoms with E-state index in [1.165, 1.54) is 0 Å². The Kier molecular flexibility index (Phi) is 4.44. The smallest absolute Gasteiger partial charge is 0.241 e. The Morgan fingerprint density at radius 3 is 3.00 bits per heavy atom. The fourth-order valence-corrected chi connectivity index (χ4v) is 2.24. The molecule has 1 aliphatic heterocycles. The predicted octanol–water partition coefficient (Wildman–Crippen LogP) is 2.43. The van der Waals surface area contributed by atoms with E-state index in [9.17, 15) is 4.79 Å². The Bertz CT molecular complexity index is 431. The molecule has 4 nitrogen and oxygen atoms in total. The average Bonchev–Trinajstić information content (AvgIpc) is 2.42. The topological polar surface area (TPSA) is 50.4 Å². The highest BCUT2D eigenvalue weighted by Crippen LogP contribution is 2.27. The zero-order valence-electron chi connectivity index (χ0n) is 10.3. The minimum Gasteiger partial charge on any atom is -0.495 e. The zero-order valence-corrected chi connectivity index (χ0v) is 11.1. The number of amides is 1. The van der Waals surface area contributed by atoms with E-state index in [0.29, 0.717) is 16.5 Å². The van der Waals surface area contributed by atoms with Gasteiger partial charge in [-0.3, -0.25) is 4.79 Å². The van der Waals surface area contributed by atoms with Gasteiger partial charge in [0, 0.05) is 11.8 Å². The van der Waals surface area contributed by atoms with Gasteiger partial charge in [-0.1, -0.05) is 18.0 Å². The van der Waals surface area contributed by atoms with Crippen molar-refractivity contribution in [3.63, 3.8) is 0 Å². The van der Waals surface area contributed by atoms with E-state index in [1.807, 2.05) is 0 Å². The number of halogens is 1. The van der Waals surface area contributed by atoms with Crippen LogP contribution in [0, 0.1) is 0 Å². The SMILES string of the molecule is COc1cc(NC(=O)[C@@H]2CCCCN2)ccc1Cl. The van der Waals surface area contributed by atoms with Gasteiger partial charge in [-0.05, 0) is 31.5 Å². The van der Waals surface area contributed by atoms with Crippen LogP contribution in [0.2, 0.25) is 5.02 Å². The van der Waals surface area contributed by atoms with Crippen molar-refractivity contribution < 1.29 is 9.53 Å². The highest BCUT2D eigenvalue weighted by atomic mass is 35.5. The molecule has 2 rings (SSSR count). The van der Waals surface area contributed by atoms with Gasteiger partial charge in [-0.2, -0.15) is 0 Å². The first kappa shape index (κ1) is 13.2. The summed E-state index contributed by atoms with van der Waals surface area (Å²) in [5, 5.41) is 6.62. The number of carbonyl (C=O) groups is 1. The lowest BCUT2D eigenvalue weighted by Gasteiger charge is -2.22. The minimum absolute atomic E-state index is 0.000856. The molecule has 0 bridgehead atoms. The molecule has 0 radical (unpaired) electrons. The van der Waals surface area contributed by atoms with Crippen LogP contribution in [0.3, 0.4) is 0 Å². The lowest BCUT2D eigenvalue weighted by Crippen LogP contribution is -2.43. The first-order valence-corrected chi connectivity index (χ1v) is 6.46. The van der Waals surface area contributed by atoms with E-state index in [4.69, 9.17) is 16.3 Å². The quantitative estimate of drug-likeness (QED) is 0.885. The number of rotatable bonds is 3. The summed E-state index contributed by atoms with van der Waals surface area (Å²) < 4.78 is 5.11. The van der Waals surface area contributed by atoms with Crippen molar-refractivity contribution in [3.05, 3.63) is 23.2 Å². The van der Waals surface area contributed by atoms with Gasteiger partial charge in [0.05, 0.1) is 18.2 Å². The number of hydrogen-bond acceptors (Lipinski definition) is 3. The summed E-state index contributed by atoms with van der Waals surface area (Å²) in [7, 11) is 1.55. The van der Waals surface area contributed by atoms with Crippen LogP contribution in [0.25, 0.3) is 0 Å². The van der Waals surface area contributed by atoms with E-state index in [0.717, 1.165) is 25.8 Å². The molecule has 1 fully saturated rings. The number of nitrogens with one attached hydrogen (secondary N) is 2. The Morgan fingerprint density at radius 2 is 2.33 bits per heavy atom. The van der Waals surface area contributed by atoms with Crippen LogP contribution in [0.5, 0.6) is 5.75 Å². The summed E-state index contributed by atoms with van der Waals surface area (Å²) in [6.45, 7) is 0.905. The van der Waals surface area contributed by atoms with Crippen LogP contribution < -0.4 is 15.4 Å². The van der Waals surface area contributed by atoms with Gasteiger partial charge in [0.2, 0.25) is 5.91 Å². The summed E-state index contributed by atoms with van der Waals surface area (Å²) in [6, 6.07) is 5.11. The molecule has 0 saturated carbocycles. The molecule has 0 spiro atoms. The number of carbonyl (C=O) groups excluding carboxylic acids is 1. The summed E-state index contributed by atoms with van der Waals surface area (Å²) in [5.74, 6) is 0.560. The van der Waals surface area contributed by atoms with Crippen LogP contribution in [0.1, 0.15) is 19.3 Å². The maximum atomic E-state index is 12.0. The van der Waals surface area contributed by atoms with Gasteiger partial charge in [0.15, 0.2) is 0 Å². The first-order chi connectivity index (χ1) is 8.70. The zero-order chi connectivity index (χ0) is 13.0. The van der Waals surface area contributed by atoms with Crippen molar-refractivity contribution in [2.75, 3.05) is 19.0 Å². The van der Waals surface area contributed by atoms with Crippen LogP contribution in [-0.2, 0) is 4.79 Å². The van der Waals surface area contributed by atoms with Crippen LogP contribution >= 0.6 is 11.6 Å². The average molecular weight is 269 g/mol. The Labute approximate surface area is 112 Å². The minimum atomic E-state index is -0.0968. The number of anilines is 1. The molecule has 1 aromatic rings. The van der Waals surface area contributed by atoms with Crippen molar-refractivity contribution in [1.82, 2.24) is 5.32 Å². The standard InChI is InChI=1S/C13H17ClN2O2/c1-18-12-8-9(5-6-10(12)14)16-13(17)11-4-2-3-7-15-11/h5-6,8,11,15H,2-4,7H2,1H3,(H,16,17)/t11-/m0/s1. The lowest BCUT2D eigenvalue weighted by atomic mass is 10.0. The number of benzene rings is 1. The van der Waals surface area contributed by atoms with Crippen molar-refractivity contribution in [1.29, 1.82) is 0 Å². The van der Waals surface area contributed by atoms with Crippen molar-refractivity contribution in [2.24, 2.45) is 0 Å². The first-order valence-electron chi connectivity index (χ1n) is 6.08. The largest absolute Gasteiger partial charge is 0.495 e.